The number of carbonyl (C=O) groups is 2. The van der Waals surface area contributed by atoms with Crippen molar-refractivity contribution in [3.63, 3.8) is 0 Å². The van der Waals surface area contributed by atoms with Gasteiger partial charge in [-0.15, -0.1) is 0 Å². The third-order valence-corrected chi connectivity index (χ3v) is 2.40. The fourth-order valence-corrected chi connectivity index (χ4v) is 1.52. The number of pyridine rings is 1. The first kappa shape index (κ1) is 16.2. The Morgan fingerprint density at radius 3 is 2.40 bits per heavy atom. The van der Waals surface area contributed by atoms with Crippen molar-refractivity contribution in [3.8, 4) is 5.75 Å². The zero-order valence-electron chi connectivity index (χ0n) is 12.2. The van der Waals surface area contributed by atoms with Gasteiger partial charge in [0.2, 0.25) is 0 Å². The SMILES string of the molecule is CN(C)C(=O)c1ncc(OC(=O)NC(C)(C)C)cc1Cl. The molecular formula is C13H18ClN3O3. The molecule has 1 aromatic rings. The highest BCUT2D eigenvalue weighted by molar-refractivity contribution is 6.33. The Morgan fingerprint density at radius 1 is 1.35 bits per heavy atom. The van der Waals surface area contributed by atoms with Crippen LogP contribution >= 0.6 is 11.6 Å². The van der Waals surface area contributed by atoms with Gasteiger partial charge in [0.25, 0.3) is 5.91 Å². The van der Waals surface area contributed by atoms with E-state index >= 15 is 0 Å². The molecule has 0 spiro atoms. The number of halogens is 1. The Kier molecular flexibility index (Phi) is 4.94. The van der Waals surface area contributed by atoms with Crippen molar-refractivity contribution in [1.29, 1.82) is 0 Å². The fraction of sp³-hybridized carbons (Fsp3) is 0.462. The average molecular weight is 300 g/mol. The van der Waals surface area contributed by atoms with E-state index in [1.807, 2.05) is 20.8 Å². The monoisotopic (exact) mass is 299 g/mol. The van der Waals surface area contributed by atoms with E-state index in [2.05, 4.69) is 10.3 Å². The molecule has 0 aliphatic carbocycles. The predicted molar refractivity (Wildman–Crippen MR) is 76.2 cm³/mol. The standard InChI is InChI=1S/C13H18ClN3O3/c1-13(2,3)16-12(19)20-8-6-9(14)10(15-7-8)11(18)17(4)5/h6-7H,1-5H3,(H,16,19). The van der Waals surface area contributed by atoms with Gasteiger partial charge in [0, 0.05) is 25.7 Å². The molecule has 110 valence electrons. The van der Waals surface area contributed by atoms with Gasteiger partial charge in [-0.1, -0.05) is 11.6 Å². The molecule has 0 saturated heterocycles. The van der Waals surface area contributed by atoms with Gasteiger partial charge in [0.1, 0.15) is 5.69 Å². The molecule has 1 heterocycles. The molecule has 20 heavy (non-hydrogen) atoms. The van der Waals surface area contributed by atoms with Crippen LogP contribution in [0.3, 0.4) is 0 Å². The number of nitrogens with zero attached hydrogens (tertiary/aromatic N) is 2. The molecule has 0 aliphatic rings. The van der Waals surface area contributed by atoms with Crippen LogP contribution < -0.4 is 10.1 Å². The summed E-state index contributed by atoms with van der Waals surface area (Å²) in [7, 11) is 3.20. The molecule has 0 unspecified atom stereocenters. The highest BCUT2D eigenvalue weighted by atomic mass is 35.5. The minimum absolute atomic E-state index is 0.111. The lowest BCUT2D eigenvalue weighted by atomic mass is 10.1. The molecule has 0 bridgehead atoms. The second-order valence-electron chi connectivity index (χ2n) is 5.47. The van der Waals surface area contributed by atoms with Crippen molar-refractivity contribution >= 4 is 23.6 Å². The molecular weight excluding hydrogens is 282 g/mol. The molecule has 0 fully saturated rings. The van der Waals surface area contributed by atoms with Gasteiger partial charge in [-0.2, -0.15) is 0 Å². The third-order valence-electron chi connectivity index (χ3n) is 2.11. The van der Waals surface area contributed by atoms with Gasteiger partial charge in [-0.3, -0.25) is 4.79 Å². The maximum absolute atomic E-state index is 11.7. The molecule has 6 nitrogen and oxygen atoms in total. The number of amides is 2. The minimum atomic E-state index is -0.609. The third kappa shape index (κ3) is 4.70. The maximum Gasteiger partial charge on any atom is 0.413 e. The van der Waals surface area contributed by atoms with Gasteiger partial charge in [0.15, 0.2) is 5.75 Å². The fourth-order valence-electron chi connectivity index (χ4n) is 1.28. The van der Waals surface area contributed by atoms with Crippen LogP contribution in [0.1, 0.15) is 31.3 Å². The number of aromatic nitrogens is 1. The molecule has 0 saturated carbocycles. The molecule has 0 aliphatic heterocycles. The van der Waals surface area contributed by atoms with Gasteiger partial charge in [0.05, 0.1) is 11.2 Å². The molecule has 1 rings (SSSR count). The number of carbonyl (C=O) groups excluding carboxylic acids is 2. The number of hydrogen-bond donors (Lipinski definition) is 1. The van der Waals surface area contributed by atoms with E-state index in [4.69, 9.17) is 16.3 Å². The molecule has 0 radical (unpaired) electrons. The highest BCUT2D eigenvalue weighted by Gasteiger charge is 2.18. The number of rotatable bonds is 2. The van der Waals surface area contributed by atoms with Gasteiger partial charge in [-0.25, -0.2) is 9.78 Å². The largest absolute Gasteiger partial charge is 0.413 e. The van der Waals surface area contributed by atoms with Crippen molar-refractivity contribution in [2.75, 3.05) is 14.1 Å². The van der Waals surface area contributed by atoms with Gasteiger partial charge in [-0.05, 0) is 20.8 Å². The Morgan fingerprint density at radius 2 is 1.95 bits per heavy atom. The first-order chi connectivity index (χ1) is 9.10. The molecule has 1 N–H and O–H groups in total. The van der Waals surface area contributed by atoms with Gasteiger partial charge < -0.3 is 15.0 Å². The van der Waals surface area contributed by atoms with Crippen molar-refractivity contribution in [2.45, 2.75) is 26.3 Å². The lowest BCUT2D eigenvalue weighted by Crippen LogP contribution is -2.42. The number of hydrogen-bond acceptors (Lipinski definition) is 4. The van der Waals surface area contributed by atoms with E-state index in [-0.39, 0.29) is 22.4 Å². The Bertz CT molecular complexity index is 524. The second-order valence-corrected chi connectivity index (χ2v) is 5.87. The highest BCUT2D eigenvalue weighted by Crippen LogP contribution is 2.21. The van der Waals surface area contributed by atoms with E-state index in [9.17, 15) is 9.59 Å². The Hall–Kier alpha value is -1.82. The van der Waals surface area contributed by atoms with Crippen LogP contribution in [0.4, 0.5) is 4.79 Å². The van der Waals surface area contributed by atoms with E-state index < -0.39 is 11.6 Å². The smallest absolute Gasteiger partial charge is 0.409 e. The summed E-state index contributed by atoms with van der Waals surface area (Å²) in [5, 5.41) is 2.76. The van der Waals surface area contributed by atoms with Crippen LogP contribution in [0, 0.1) is 0 Å². The summed E-state index contributed by atoms with van der Waals surface area (Å²) in [4.78, 5) is 28.6. The van der Waals surface area contributed by atoms with Crippen LogP contribution in [0.15, 0.2) is 12.3 Å². The van der Waals surface area contributed by atoms with E-state index in [1.54, 1.807) is 14.1 Å². The van der Waals surface area contributed by atoms with Crippen LogP contribution in [0.2, 0.25) is 5.02 Å². The lowest BCUT2D eigenvalue weighted by Gasteiger charge is -2.19. The Labute approximate surface area is 123 Å². The van der Waals surface area contributed by atoms with Gasteiger partial charge >= 0.3 is 6.09 Å². The zero-order chi connectivity index (χ0) is 15.5. The van der Waals surface area contributed by atoms with Crippen LogP contribution in [0.5, 0.6) is 5.75 Å². The summed E-state index contributed by atoms with van der Waals surface area (Å²) >= 11 is 5.96. The normalized spacial score (nSPS) is 10.9. The zero-order valence-corrected chi connectivity index (χ0v) is 12.9. The average Bonchev–Trinajstić information content (AvgIpc) is 2.25. The molecule has 1 aromatic heterocycles. The Balaban J connectivity index is 2.83. The summed E-state index contributed by atoms with van der Waals surface area (Å²) in [5.41, 5.74) is -0.296. The predicted octanol–water partition coefficient (Wildman–Crippen LogP) is 2.32. The second kappa shape index (κ2) is 6.09. The summed E-state index contributed by atoms with van der Waals surface area (Å²) in [6.07, 6.45) is 0.673. The van der Waals surface area contributed by atoms with E-state index in [1.165, 1.54) is 17.2 Å². The van der Waals surface area contributed by atoms with Crippen LogP contribution in [-0.4, -0.2) is 41.5 Å². The lowest BCUT2D eigenvalue weighted by molar-refractivity contribution is 0.0822. The maximum atomic E-state index is 11.7. The molecule has 7 heteroatoms. The molecule has 0 aromatic carbocycles. The van der Waals surface area contributed by atoms with Crippen molar-refractivity contribution in [1.82, 2.24) is 15.2 Å². The van der Waals surface area contributed by atoms with Crippen molar-refractivity contribution in [3.05, 3.63) is 23.0 Å². The summed E-state index contributed by atoms with van der Waals surface area (Å²) < 4.78 is 5.04. The first-order valence-electron chi connectivity index (χ1n) is 5.97. The topological polar surface area (TPSA) is 71.5 Å². The van der Waals surface area contributed by atoms with Crippen molar-refractivity contribution in [2.24, 2.45) is 0 Å². The van der Waals surface area contributed by atoms with Crippen LogP contribution in [-0.2, 0) is 0 Å². The minimum Gasteiger partial charge on any atom is -0.409 e. The summed E-state index contributed by atoms with van der Waals surface area (Å²) in [6, 6.07) is 1.38. The first-order valence-corrected chi connectivity index (χ1v) is 6.35. The van der Waals surface area contributed by atoms with E-state index in [0.29, 0.717) is 0 Å². The number of ether oxygens (including phenoxy) is 1. The summed E-state index contributed by atoms with van der Waals surface area (Å²) in [6.45, 7) is 5.50. The van der Waals surface area contributed by atoms with E-state index in [0.717, 1.165) is 0 Å². The molecule has 2 amide bonds. The summed E-state index contributed by atoms with van der Waals surface area (Å²) in [5.74, 6) is -0.146. The molecule has 0 atom stereocenters. The van der Waals surface area contributed by atoms with Crippen LogP contribution in [0.25, 0.3) is 0 Å². The van der Waals surface area contributed by atoms with Crippen molar-refractivity contribution < 1.29 is 14.3 Å². The number of nitrogens with one attached hydrogen (secondary N) is 1. The quantitative estimate of drug-likeness (QED) is 0.909.